The number of nitrogens with one attached hydrogen (secondary N) is 1. The van der Waals surface area contributed by atoms with E-state index in [1.54, 1.807) is 0 Å². The largest absolute Gasteiger partial charge is 0.460 e. The number of hydrogen-bond donors (Lipinski definition) is 1. The first kappa shape index (κ1) is 15.3. The lowest BCUT2D eigenvalue weighted by Gasteiger charge is -2.14. The summed E-state index contributed by atoms with van der Waals surface area (Å²) in [6.07, 6.45) is 0. The second kappa shape index (κ2) is 6.67. The maximum Gasteiger partial charge on any atom is 0.238 e. The van der Waals surface area contributed by atoms with Crippen LogP contribution in [0, 0.1) is 6.92 Å². The fourth-order valence-corrected chi connectivity index (χ4v) is 2.52. The van der Waals surface area contributed by atoms with Gasteiger partial charge in [0.05, 0.1) is 13.1 Å². The highest BCUT2D eigenvalue weighted by atomic mass is 16.3. The third kappa shape index (κ3) is 3.99. The molecule has 0 saturated carbocycles. The number of carbonyl (C=O) groups excluding carboxylic acids is 1. The van der Waals surface area contributed by atoms with E-state index >= 15 is 0 Å². The molecule has 0 radical (unpaired) electrons. The summed E-state index contributed by atoms with van der Waals surface area (Å²) in [7, 11) is 1.90. The molecule has 3 aromatic rings. The SMILES string of the molecule is Cc1ccc(NC(=O)CN(C)Cc2cc3ccccc3o2)cc1. The molecule has 1 amide bonds. The van der Waals surface area contributed by atoms with Crippen molar-refractivity contribution < 1.29 is 9.21 Å². The van der Waals surface area contributed by atoms with Gasteiger partial charge >= 0.3 is 0 Å². The van der Waals surface area contributed by atoms with Crippen LogP contribution in [-0.2, 0) is 11.3 Å². The predicted molar refractivity (Wildman–Crippen MR) is 92.4 cm³/mol. The van der Waals surface area contributed by atoms with Crippen molar-refractivity contribution in [2.45, 2.75) is 13.5 Å². The van der Waals surface area contributed by atoms with Gasteiger partial charge in [0.1, 0.15) is 11.3 Å². The molecule has 1 heterocycles. The Hall–Kier alpha value is -2.59. The number of amides is 1. The maximum absolute atomic E-state index is 12.1. The Morgan fingerprint density at radius 3 is 2.61 bits per heavy atom. The third-order valence-electron chi connectivity index (χ3n) is 3.65. The Labute approximate surface area is 135 Å². The summed E-state index contributed by atoms with van der Waals surface area (Å²) < 4.78 is 5.78. The molecule has 2 aromatic carbocycles. The quantitative estimate of drug-likeness (QED) is 0.779. The summed E-state index contributed by atoms with van der Waals surface area (Å²) >= 11 is 0. The lowest BCUT2D eigenvalue weighted by Crippen LogP contribution is -2.29. The topological polar surface area (TPSA) is 45.5 Å². The van der Waals surface area contributed by atoms with Gasteiger partial charge in [-0.1, -0.05) is 35.9 Å². The number of para-hydroxylation sites is 1. The highest BCUT2D eigenvalue weighted by molar-refractivity contribution is 5.92. The van der Waals surface area contributed by atoms with Crippen LogP contribution in [0.25, 0.3) is 11.0 Å². The van der Waals surface area contributed by atoms with Crippen LogP contribution >= 0.6 is 0 Å². The van der Waals surface area contributed by atoms with Crippen molar-refractivity contribution in [3.05, 3.63) is 65.9 Å². The Morgan fingerprint density at radius 1 is 1.13 bits per heavy atom. The number of rotatable bonds is 5. The summed E-state index contributed by atoms with van der Waals surface area (Å²) in [5, 5.41) is 3.98. The van der Waals surface area contributed by atoms with E-state index in [9.17, 15) is 4.79 Å². The van der Waals surface area contributed by atoms with E-state index < -0.39 is 0 Å². The molecule has 0 atom stereocenters. The van der Waals surface area contributed by atoms with Gasteiger partial charge in [-0.2, -0.15) is 0 Å². The Bertz CT molecular complexity index is 773. The molecule has 0 aliphatic carbocycles. The summed E-state index contributed by atoms with van der Waals surface area (Å²) in [6, 6.07) is 17.7. The molecule has 1 aromatic heterocycles. The molecule has 4 nitrogen and oxygen atoms in total. The van der Waals surface area contributed by atoms with Crippen molar-refractivity contribution in [2.24, 2.45) is 0 Å². The number of fused-ring (bicyclic) bond motifs is 1. The van der Waals surface area contributed by atoms with Crippen LogP contribution in [-0.4, -0.2) is 24.4 Å². The van der Waals surface area contributed by atoms with Crippen LogP contribution in [0.5, 0.6) is 0 Å². The van der Waals surface area contributed by atoms with Crippen molar-refractivity contribution in [2.75, 3.05) is 18.9 Å². The minimum absolute atomic E-state index is 0.0348. The second-order valence-corrected chi connectivity index (χ2v) is 5.84. The summed E-state index contributed by atoms with van der Waals surface area (Å²) in [5.41, 5.74) is 2.86. The van der Waals surface area contributed by atoms with Crippen LogP contribution in [0.15, 0.2) is 59.0 Å². The van der Waals surface area contributed by atoms with Crippen LogP contribution in [0.4, 0.5) is 5.69 Å². The summed E-state index contributed by atoms with van der Waals surface area (Å²) in [4.78, 5) is 14.0. The van der Waals surface area contributed by atoms with Gasteiger partial charge in [-0.15, -0.1) is 0 Å². The Kier molecular flexibility index (Phi) is 4.44. The van der Waals surface area contributed by atoms with Gasteiger partial charge in [-0.05, 0) is 38.2 Å². The van der Waals surface area contributed by atoms with E-state index in [0.717, 1.165) is 22.4 Å². The highest BCUT2D eigenvalue weighted by Gasteiger charge is 2.10. The molecule has 0 bridgehead atoms. The molecule has 3 rings (SSSR count). The maximum atomic E-state index is 12.1. The van der Waals surface area contributed by atoms with Crippen molar-refractivity contribution in [3.63, 3.8) is 0 Å². The molecule has 0 spiro atoms. The molecule has 0 aliphatic rings. The van der Waals surface area contributed by atoms with Crippen molar-refractivity contribution in [3.8, 4) is 0 Å². The van der Waals surface area contributed by atoms with Crippen LogP contribution in [0.2, 0.25) is 0 Å². The molecule has 118 valence electrons. The minimum atomic E-state index is -0.0348. The second-order valence-electron chi connectivity index (χ2n) is 5.84. The fraction of sp³-hybridized carbons (Fsp3) is 0.211. The number of hydrogen-bond acceptors (Lipinski definition) is 3. The smallest absolute Gasteiger partial charge is 0.238 e. The van der Waals surface area contributed by atoms with E-state index in [1.165, 1.54) is 5.56 Å². The normalized spacial score (nSPS) is 11.1. The molecule has 4 heteroatoms. The molecule has 1 N–H and O–H groups in total. The Balaban J connectivity index is 1.56. The number of benzene rings is 2. The van der Waals surface area contributed by atoms with Crippen molar-refractivity contribution in [1.82, 2.24) is 4.90 Å². The molecule has 0 fully saturated rings. The number of likely N-dealkylation sites (N-methyl/N-ethyl adjacent to an activating group) is 1. The Morgan fingerprint density at radius 2 is 1.87 bits per heavy atom. The standard InChI is InChI=1S/C19H20N2O2/c1-14-7-9-16(10-8-14)20-19(22)13-21(2)12-17-11-15-5-3-4-6-18(15)23-17/h3-11H,12-13H2,1-2H3,(H,20,22). The monoisotopic (exact) mass is 308 g/mol. The van der Waals surface area contributed by atoms with E-state index in [-0.39, 0.29) is 5.91 Å². The van der Waals surface area contributed by atoms with Gasteiger partial charge in [0.15, 0.2) is 0 Å². The summed E-state index contributed by atoms with van der Waals surface area (Å²) in [6.45, 7) is 2.92. The zero-order valence-electron chi connectivity index (χ0n) is 13.4. The molecule has 0 aliphatic heterocycles. The molecular formula is C19H20N2O2. The average molecular weight is 308 g/mol. The molecular weight excluding hydrogens is 288 g/mol. The molecule has 23 heavy (non-hydrogen) atoms. The first-order valence-electron chi connectivity index (χ1n) is 7.63. The number of carbonyl (C=O) groups is 1. The molecule has 0 unspecified atom stereocenters. The number of aryl methyl sites for hydroxylation is 1. The molecule has 0 saturated heterocycles. The van der Waals surface area contributed by atoms with Gasteiger partial charge < -0.3 is 9.73 Å². The number of nitrogens with zero attached hydrogens (tertiary/aromatic N) is 1. The van der Waals surface area contributed by atoms with Gasteiger partial charge in [0, 0.05) is 11.1 Å². The number of furan rings is 1. The predicted octanol–water partition coefficient (Wildman–Crippen LogP) is 3.81. The van der Waals surface area contributed by atoms with Crippen molar-refractivity contribution >= 4 is 22.6 Å². The highest BCUT2D eigenvalue weighted by Crippen LogP contribution is 2.19. The number of anilines is 1. The third-order valence-corrected chi connectivity index (χ3v) is 3.65. The van der Waals surface area contributed by atoms with Crippen molar-refractivity contribution in [1.29, 1.82) is 0 Å². The first-order chi connectivity index (χ1) is 11.1. The van der Waals surface area contributed by atoms with Crippen LogP contribution in [0.1, 0.15) is 11.3 Å². The van der Waals surface area contributed by atoms with E-state index in [4.69, 9.17) is 4.42 Å². The van der Waals surface area contributed by atoms with E-state index in [0.29, 0.717) is 13.1 Å². The van der Waals surface area contributed by atoms with Crippen LogP contribution in [0.3, 0.4) is 0 Å². The van der Waals surface area contributed by atoms with Gasteiger partial charge in [-0.25, -0.2) is 0 Å². The summed E-state index contributed by atoms with van der Waals surface area (Å²) in [5.74, 6) is 0.823. The first-order valence-corrected chi connectivity index (χ1v) is 7.63. The average Bonchev–Trinajstić information content (AvgIpc) is 2.91. The van der Waals surface area contributed by atoms with E-state index in [1.807, 2.05) is 73.5 Å². The lowest BCUT2D eigenvalue weighted by molar-refractivity contribution is -0.117. The lowest BCUT2D eigenvalue weighted by atomic mass is 10.2. The zero-order valence-corrected chi connectivity index (χ0v) is 13.4. The zero-order chi connectivity index (χ0) is 16.2. The fourth-order valence-electron chi connectivity index (χ4n) is 2.52. The minimum Gasteiger partial charge on any atom is -0.460 e. The van der Waals surface area contributed by atoms with Gasteiger partial charge in [0.2, 0.25) is 5.91 Å². The van der Waals surface area contributed by atoms with Gasteiger partial charge in [-0.3, -0.25) is 9.69 Å². The van der Waals surface area contributed by atoms with Crippen LogP contribution < -0.4 is 5.32 Å². The van der Waals surface area contributed by atoms with E-state index in [2.05, 4.69) is 5.32 Å². The van der Waals surface area contributed by atoms with Gasteiger partial charge in [0.25, 0.3) is 0 Å².